The van der Waals surface area contributed by atoms with Gasteiger partial charge >= 0.3 is 5.97 Å². The van der Waals surface area contributed by atoms with Gasteiger partial charge in [-0.05, 0) is 0 Å². The first kappa shape index (κ1) is 9.25. The van der Waals surface area contributed by atoms with Crippen molar-refractivity contribution < 1.29 is 9.90 Å². The van der Waals surface area contributed by atoms with Crippen LogP contribution in [0, 0.1) is 0 Å². The minimum Gasteiger partial charge on any atom is -0.476 e. The zero-order chi connectivity index (χ0) is 11.0. The number of nitrogens with zero attached hydrogens (tertiary/aromatic N) is 4. The molecule has 0 spiro atoms. The largest absolute Gasteiger partial charge is 0.476 e. The fourth-order valence-electron chi connectivity index (χ4n) is 1.23. The average Bonchev–Trinajstić information content (AvgIpc) is 2.71. The Bertz CT molecular complexity index is 513. The molecule has 0 unspecified atom stereocenters. The van der Waals surface area contributed by atoms with Gasteiger partial charge in [0.2, 0.25) is 5.95 Å². The molecule has 7 heteroatoms. The molecule has 7 nitrogen and oxygen atoms in total. The Morgan fingerprint density at radius 1 is 1.60 bits per heavy atom. The van der Waals surface area contributed by atoms with E-state index in [0.717, 1.165) is 0 Å². The summed E-state index contributed by atoms with van der Waals surface area (Å²) in [5.41, 5.74) is 5.44. The van der Waals surface area contributed by atoms with Gasteiger partial charge in [-0.2, -0.15) is 5.10 Å². The van der Waals surface area contributed by atoms with E-state index in [0.29, 0.717) is 5.95 Å². The Kier molecular flexibility index (Phi) is 1.93. The van der Waals surface area contributed by atoms with Crippen molar-refractivity contribution in [3.63, 3.8) is 0 Å². The predicted octanol–water partition coefficient (Wildman–Crippen LogP) is -0.114. The Morgan fingerprint density at radius 2 is 2.33 bits per heavy atom. The molecule has 15 heavy (non-hydrogen) atoms. The molecule has 0 saturated heterocycles. The molecular formula is C8H9N5O2. The van der Waals surface area contributed by atoms with Crippen molar-refractivity contribution in [2.45, 2.75) is 0 Å². The number of carbonyl (C=O) groups is 1. The quantitative estimate of drug-likeness (QED) is 0.715. The summed E-state index contributed by atoms with van der Waals surface area (Å²) in [5.74, 6) is -0.644. The number of carboxylic acids is 1. The van der Waals surface area contributed by atoms with Gasteiger partial charge in [0.05, 0.1) is 11.9 Å². The molecule has 0 atom stereocenters. The van der Waals surface area contributed by atoms with Crippen LogP contribution in [0.3, 0.4) is 0 Å². The second-order valence-corrected chi connectivity index (χ2v) is 3.02. The van der Waals surface area contributed by atoms with Crippen molar-refractivity contribution in [3.8, 4) is 5.95 Å². The number of aryl methyl sites for hydroxylation is 1. The number of hydrogen-bond donors (Lipinski definition) is 2. The Labute approximate surface area is 84.8 Å². The van der Waals surface area contributed by atoms with E-state index in [1.54, 1.807) is 24.0 Å². The van der Waals surface area contributed by atoms with Crippen LogP contribution in [0.5, 0.6) is 0 Å². The zero-order valence-corrected chi connectivity index (χ0v) is 7.95. The maximum atomic E-state index is 10.7. The molecule has 0 saturated carbocycles. The highest BCUT2D eigenvalue weighted by Gasteiger charge is 2.15. The number of nitrogen functional groups attached to an aromatic ring is 1. The van der Waals surface area contributed by atoms with E-state index < -0.39 is 5.97 Å². The highest BCUT2D eigenvalue weighted by molar-refractivity contribution is 5.91. The topological polar surface area (TPSA) is 99.0 Å². The second kappa shape index (κ2) is 3.12. The highest BCUT2D eigenvalue weighted by Crippen LogP contribution is 2.12. The van der Waals surface area contributed by atoms with Crippen molar-refractivity contribution in [2.75, 3.05) is 5.73 Å². The van der Waals surface area contributed by atoms with Gasteiger partial charge in [-0.3, -0.25) is 0 Å². The normalized spacial score (nSPS) is 10.5. The van der Waals surface area contributed by atoms with E-state index in [1.807, 2.05) is 0 Å². The fraction of sp³-hybridized carbons (Fsp3) is 0.125. The van der Waals surface area contributed by atoms with Crippen molar-refractivity contribution in [1.82, 2.24) is 19.3 Å². The molecule has 2 aromatic heterocycles. The van der Waals surface area contributed by atoms with E-state index in [4.69, 9.17) is 10.8 Å². The first-order valence-corrected chi connectivity index (χ1v) is 4.15. The van der Waals surface area contributed by atoms with Crippen LogP contribution in [0.1, 0.15) is 10.5 Å². The zero-order valence-electron chi connectivity index (χ0n) is 7.95. The third-order valence-corrected chi connectivity index (χ3v) is 1.95. The lowest BCUT2D eigenvalue weighted by Gasteiger charge is -1.98. The number of aromatic carboxylic acids is 1. The molecule has 0 aliphatic rings. The number of rotatable bonds is 2. The van der Waals surface area contributed by atoms with Crippen molar-refractivity contribution in [3.05, 3.63) is 24.3 Å². The summed E-state index contributed by atoms with van der Waals surface area (Å²) < 4.78 is 3.04. The summed E-state index contributed by atoms with van der Waals surface area (Å²) in [6.07, 6.45) is 4.74. The number of nitrogens with two attached hydrogens (primary N) is 1. The van der Waals surface area contributed by atoms with Gasteiger partial charge in [0.25, 0.3) is 0 Å². The van der Waals surface area contributed by atoms with Gasteiger partial charge in [-0.15, -0.1) is 0 Å². The third-order valence-electron chi connectivity index (χ3n) is 1.95. The van der Waals surface area contributed by atoms with E-state index in [2.05, 4.69) is 10.1 Å². The third kappa shape index (κ3) is 1.43. The van der Waals surface area contributed by atoms with Gasteiger partial charge in [-0.25, -0.2) is 14.5 Å². The number of hydrogen-bond acceptors (Lipinski definition) is 4. The van der Waals surface area contributed by atoms with Gasteiger partial charge in [0, 0.05) is 19.4 Å². The summed E-state index contributed by atoms with van der Waals surface area (Å²) in [7, 11) is 1.78. The maximum absolute atomic E-state index is 10.7. The molecule has 0 amide bonds. The molecule has 2 rings (SSSR count). The first-order chi connectivity index (χ1) is 7.09. The van der Waals surface area contributed by atoms with Crippen LogP contribution in [-0.2, 0) is 7.05 Å². The van der Waals surface area contributed by atoms with Crippen LogP contribution >= 0.6 is 0 Å². The van der Waals surface area contributed by atoms with Crippen molar-refractivity contribution >= 4 is 11.7 Å². The molecule has 2 heterocycles. The summed E-state index contributed by atoms with van der Waals surface area (Å²) in [5, 5.41) is 12.6. The Hall–Kier alpha value is -2.31. The van der Waals surface area contributed by atoms with Crippen LogP contribution in [-0.4, -0.2) is 30.4 Å². The second-order valence-electron chi connectivity index (χ2n) is 3.02. The molecule has 0 aromatic carbocycles. The summed E-state index contributed by atoms with van der Waals surface area (Å²) >= 11 is 0. The SMILES string of the molecule is Cn1ccnc1-n1cc(N)c(C(=O)O)n1. The van der Waals surface area contributed by atoms with Crippen LogP contribution in [0.25, 0.3) is 5.95 Å². The monoisotopic (exact) mass is 207 g/mol. The van der Waals surface area contributed by atoms with Crippen LogP contribution in [0.15, 0.2) is 18.6 Å². The molecule has 2 aromatic rings. The fourth-order valence-corrected chi connectivity index (χ4v) is 1.23. The number of imidazole rings is 1. The molecule has 3 N–H and O–H groups in total. The van der Waals surface area contributed by atoms with Gasteiger partial charge in [0.1, 0.15) is 0 Å². The van der Waals surface area contributed by atoms with Crippen LogP contribution in [0.2, 0.25) is 0 Å². The molecular weight excluding hydrogens is 198 g/mol. The minimum atomic E-state index is -1.15. The first-order valence-electron chi connectivity index (χ1n) is 4.15. The van der Waals surface area contributed by atoms with Crippen LogP contribution < -0.4 is 5.73 Å². The summed E-state index contributed by atoms with van der Waals surface area (Å²) in [6.45, 7) is 0. The number of anilines is 1. The number of carboxylic acid groups (broad SMARTS) is 1. The molecule has 0 aliphatic heterocycles. The van der Waals surface area contributed by atoms with E-state index in [1.165, 1.54) is 10.9 Å². The van der Waals surface area contributed by atoms with Gasteiger partial charge in [0.15, 0.2) is 5.69 Å². The maximum Gasteiger partial charge on any atom is 0.358 e. The average molecular weight is 207 g/mol. The number of aromatic nitrogens is 4. The van der Waals surface area contributed by atoms with Crippen molar-refractivity contribution in [2.24, 2.45) is 7.05 Å². The smallest absolute Gasteiger partial charge is 0.358 e. The summed E-state index contributed by atoms with van der Waals surface area (Å²) in [6, 6.07) is 0. The molecule has 0 aliphatic carbocycles. The van der Waals surface area contributed by atoms with E-state index in [9.17, 15) is 4.79 Å². The van der Waals surface area contributed by atoms with E-state index >= 15 is 0 Å². The molecule has 0 fully saturated rings. The Balaban J connectivity index is 2.52. The minimum absolute atomic E-state index is 0.116. The van der Waals surface area contributed by atoms with Crippen LogP contribution in [0.4, 0.5) is 5.69 Å². The lowest BCUT2D eigenvalue weighted by molar-refractivity contribution is 0.0691. The standard InChI is InChI=1S/C8H9N5O2/c1-12-3-2-10-8(12)13-4-5(9)6(11-13)7(14)15/h2-4H,9H2,1H3,(H,14,15). The molecule has 0 radical (unpaired) electrons. The molecule has 78 valence electrons. The van der Waals surface area contributed by atoms with Crippen molar-refractivity contribution in [1.29, 1.82) is 0 Å². The Morgan fingerprint density at radius 3 is 2.80 bits per heavy atom. The lowest BCUT2D eigenvalue weighted by atomic mass is 10.4. The highest BCUT2D eigenvalue weighted by atomic mass is 16.4. The summed E-state index contributed by atoms with van der Waals surface area (Å²) in [4.78, 5) is 14.7. The van der Waals surface area contributed by atoms with Gasteiger partial charge in [-0.1, -0.05) is 0 Å². The van der Waals surface area contributed by atoms with Gasteiger partial charge < -0.3 is 15.4 Å². The van der Waals surface area contributed by atoms with E-state index in [-0.39, 0.29) is 11.4 Å². The lowest BCUT2D eigenvalue weighted by Crippen LogP contribution is -2.05. The predicted molar refractivity (Wildman–Crippen MR) is 51.7 cm³/mol. The molecule has 0 bridgehead atoms.